The van der Waals surface area contributed by atoms with Crippen molar-refractivity contribution in [1.82, 2.24) is 10.3 Å². The topological polar surface area (TPSA) is 42.0 Å². The molecule has 0 fully saturated rings. The molecule has 1 atom stereocenters. The van der Waals surface area contributed by atoms with Gasteiger partial charge in [-0.1, -0.05) is 41.9 Å². The van der Waals surface area contributed by atoms with Gasteiger partial charge >= 0.3 is 0 Å². The van der Waals surface area contributed by atoms with E-state index in [4.69, 9.17) is 11.6 Å². The Morgan fingerprint density at radius 2 is 1.94 bits per heavy atom. The van der Waals surface area contributed by atoms with E-state index in [1.807, 2.05) is 37.3 Å². The van der Waals surface area contributed by atoms with Crippen LogP contribution in [-0.2, 0) is 0 Å². The molecule has 0 radical (unpaired) electrons. The van der Waals surface area contributed by atoms with Gasteiger partial charge < -0.3 is 5.32 Å². The van der Waals surface area contributed by atoms with E-state index < -0.39 is 0 Å². The van der Waals surface area contributed by atoms with Crippen LogP contribution in [0.1, 0.15) is 28.9 Å². The summed E-state index contributed by atoms with van der Waals surface area (Å²) in [6.45, 7) is 1.93. The van der Waals surface area contributed by atoms with Gasteiger partial charge in [0, 0.05) is 6.20 Å². The highest BCUT2D eigenvalue weighted by atomic mass is 35.5. The zero-order valence-corrected chi connectivity index (χ0v) is 10.7. The summed E-state index contributed by atoms with van der Waals surface area (Å²) in [7, 11) is 0. The number of pyridine rings is 1. The number of hydrogen-bond acceptors (Lipinski definition) is 2. The van der Waals surface area contributed by atoms with Crippen LogP contribution in [0.4, 0.5) is 0 Å². The molecule has 2 rings (SSSR count). The molecule has 3 nitrogen and oxygen atoms in total. The molecule has 0 saturated carbocycles. The van der Waals surface area contributed by atoms with Crippen LogP contribution < -0.4 is 5.32 Å². The van der Waals surface area contributed by atoms with E-state index in [-0.39, 0.29) is 17.1 Å². The minimum absolute atomic E-state index is 0.0741. The first kappa shape index (κ1) is 12.6. The molecule has 1 heterocycles. The first-order chi connectivity index (χ1) is 8.68. The molecule has 0 aliphatic heterocycles. The Morgan fingerprint density at radius 3 is 2.61 bits per heavy atom. The number of aromatic nitrogens is 1. The number of rotatable bonds is 3. The van der Waals surface area contributed by atoms with E-state index in [0.717, 1.165) is 5.56 Å². The Bertz CT molecular complexity index is 543. The minimum Gasteiger partial charge on any atom is -0.345 e. The van der Waals surface area contributed by atoms with Crippen molar-refractivity contribution in [2.45, 2.75) is 13.0 Å². The van der Waals surface area contributed by atoms with Crippen LogP contribution >= 0.6 is 11.6 Å². The van der Waals surface area contributed by atoms with E-state index in [0.29, 0.717) is 5.56 Å². The van der Waals surface area contributed by atoms with Crippen molar-refractivity contribution >= 4 is 17.5 Å². The van der Waals surface area contributed by atoms with Gasteiger partial charge in [0.2, 0.25) is 0 Å². The highest BCUT2D eigenvalue weighted by Crippen LogP contribution is 2.15. The molecule has 0 aliphatic rings. The van der Waals surface area contributed by atoms with E-state index in [1.165, 1.54) is 0 Å². The second-order valence-corrected chi connectivity index (χ2v) is 4.31. The van der Waals surface area contributed by atoms with Crippen molar-refractivity contribution in [2.24, 2.45) is 0 Å². The molecule has 2 aromatic rings. The minimum atomic E-state index is -0.218. The Morgan fingerprint density at radius 1 is 1.22 bits per heavy atom. The molecule has 0 aliphatic carbocycles. The maximum absolute atomic E-state index is 12.0. The average molecular weight is 261 g/mol. The van der Waals surface area contributed by atoms with Crippen molar-refractivity contribution in [1.29, 1.82) is 0 Å². The molecule has 1 amide bonds. The molecule has 0 bridgehead atoms. The fraction of sp³-hybridized carbons (Fsp3) is 0.143. The number of amides is 1. The smallest absolute Gasteiger partial charge is 0.254 e. The van der Waals surface area contributed by atoms with Crippen LogP contribution in [0, 0.1) is 0 Å². The molecule has 0 unspecified atom stereocenters. The maximum atomic E-state index is 12.0. The summed E-state index contributed by atoms with van der Waals surface area (Å²) >= 11 is 5.88. The predicted octanol–water partition coefficient (Wildman–Crippen LogP) is 3.23. The van der Waals surface area contributed by atoms with Crippen molar-refractivity contribution in [3.05, 3.63) is 64.9 Å². The van der Waals surface area contributed by atoms with Gasteiger partial charge in [0.05, 0.1) is 11.6 Å². The molecule has 1 N–H and O–H groups in total. The van der Waals surface area contributed by atoms with Gasteiger partial charge in [-0.3, -0.25) is 4.79 Å². The van der Waals surface area contributed by atoms with Gasteiger partial charge in [-0.15, -0.1) is 0 Å². The zero-order chi connectivity index (χ0) is 13.0. The van der Waals surface area contributed by atoms with Crippen LogP contribution in [-0.4, -0.2) is 10.9 Å². The number of carbonyl (C=O) groups is 1. The average Bonchev–Trinajstić information content (AvgIpc) is 2.40. The van der Waals surface area contributed by atoms with Crippen LogP contribution in [0.2, 0.25) is 5.15 Å². The fourth-order valence-corrected chi connectivity index (χ4v) is 1.86. The molecule has 0 spiro atoms. The van der Waals surface area contributed by atoms with Crippen LogP contribution in [0.3, 0.4) is 0 Å². The lowest BCUT2D eigenvalue weighted by Gasteiger charge is -2.14. The molecular formula is C14H13ClN2O. The van der Waals surface area contributed by atoms with Gasteiger partial charge in [0.1, 0.15) is 5.15 Å². The fourth-order valence-electron chi connectivity index (χ4n) is 1.65. The summed E-state index contributed by atoms with van der Waals surface area (Å²) in [4.78, 5) is 15.9. The summed E-state index contributed by atoms with van der Waals surface area (Å²) in [6, 6.07) is 13.0. The van der Waals surface area contributed by atoms with Gasteiger partial charge in [0.25, 0.3) is 5.91 Å². The van der Waals surface area contributed by atoms with Gasteiger partial charge in [-0.05, 0) is 24.6 Å². The summed E-state index contributed by atoms with van der Waals surface area (Å²) < 4.78 is 0. The quantitative estimate of drug-likeness (QED) is 0.861. The summed E-state index contributed by atoms with van der Waals surface area (Å²) in [6.07, 6.45) is 1.56. The lowest BCUT2D eigenvalue weighted by Crippen LogP contribution is -2.27. The van der Waals surface area contributed by atoms with E-state index in [9.17, 15) is 4.79 Å². The van der Waals surface area contributed by atoms with Gasteiger partial charge in [-0.2, -0.15) is 0 Å². The second-order valence-electron chi connectivity index (χ2n) is 3.95. The zero-order valence-electron chi connectivity index (χ0n) is 9.93. The highest BCUT2D eigenvalue weighted by Gasteiger charge is 2.14. The SMILES string of the molecule is C[C@H](NC(=O)c1cccnc1Cl)c1ccccc1. The van der Waals surface area contributed by atoms with Gasteiger partial charge in [0.15, 0.2) is 0 Å². The van der Waals surface area contributed by atoms with Crippen molar-refractivity contribution in [2.75, 3.05) is 0 Å². The molecule has 1 aromatic carbocycles. The van der Waals surface area contributed by atoms with Crippen molar-refractivity contribution in [3.63, 3.8) is 0 Å². The molecule has 4 heteroatoms. The van der Waals surface area contributed by atoms with Crippen LogP contribution in [0.5, 0.6) is 0 Å². The number of carbonyl (C=O) groups excluding carboxylic acids is 1. The number of benzene rings is 1. The second kappa shape index (κ2) is 5.65. The largest absolute Gasteiger partial charge is 0.345 e. The standard InChI is InChI=1S/C14H13ClN2O/c1-10(11-6-3-2-4-7-11)17-14(18)12-8-5-9-16-13(12)15/h2-10H,1H3,(H,17,18)/t10-/m0/s1. The third-order valence-corrected chi connectivity index (χ3v) is 2.95. The van der Waals surface area contributed by atoms with Crippen molar-refractivity contribution < 1.29 is 4.79 Å². The Hall–Kier alpha value is -1.87. The molecule has 18 heavy (non-hydrogen) atoms. The number of nitrogens with zero attached hydrogens (tertiary/aromatic N) is 1. The molecule has 1 aromatic heterocycles. The van der Waals surface area contributed by atoms with E-state index >= 15 is 0 Å². The molecule has 0 saturated heterocycles. The third kappa shape index (κ3) is 2.87. The normalized spacial score (nSPS) is 11.9. The van der Waals surface area contributed by atoms with Gasteiger partial charge in [-0.25, -0.2) is 4.98 Å². The van der Waals surface area contributed by atoms with Crippen molar-refractivity contribution in [3.8, 4) is 0 Å². The monoisotopic (exact) mass is 260 g/mol. The highest BCUT2D eigenvalue weighted by molar-refractivity contribution is 6.32. The Balaban J connectivity index is 2.11. The number of hydrogen-bond donors (Lipinski definition) is 1. The number of nitrogens with one attached hydrogen (secondary N) is 1. The van der Waals surface area contributed by atoms with E-state index in [2.05, 4.69) is 10.3 Å². The third-order valence-electron chi connectivity index (χ3n) is 2.65. The Labute approximate surface area is 111 Å². The van der Waals surface area contributed by atoms with E-state index in [1.54, 1.807) is 18.3 Å². The van der Waals surface area contributed by atoms with Crippen LogP contribution in [0.25, 0.3) is 0 Å². The molecular weight excluding hydrogens is 248 g/mol. The first-order valence-electron chi connectivity index (χ1n) is 5.65. The number of halogens is 1. The summed E-state index contributed by atoms with van der Waals surface area (Å²) in [5.41, 5.74) is 1.44. The lowest BCUT2D eigenvalue weighted by atomic mass is 10.1. The maximum Gasteiger partial charge on any atom is 0.254 e. The molecule has 92 valence electrons. The first-order valence-corrected chi connectivity index (χ1v) is 6.02. The lowest BCUT2D eigenvalue weighted by molar-refractivity contribution is 0.0939. The summed E-state index contributed by atoms with van der Waals surface area (Å²) in [5.74, 6) is -0.218. The Kier molecular flexibility index (Phi) is 3.95. The van der Waals surface area contributed by atoms with Crippen LogP contribution in [0.15, 0.2) is 48.7 Å². The summed E-state index contributed by atoms with van der Waals surface area (Å²) in [5, 5.41) is 3.11. The predicted molar refractivity (Wildman–Crippen MR) is 71.6 cm³/mol.